The van der Waals surface area contributed by atoms with E-state index in [-0.39, 0.29) is 29.2 Å². The van der Waals surface area contributed by atoms with Gasteiger partial charge in [-0.15, -0.1) is 0 Å². The first kappa shape index (κ1) is 27.6. The van der Waals surface area contributed by atoms with Gasteiger partial charge in [-0.2, -0.15) is 0 Å². The Morgan fingerprint density at radius 2 is 1.67 bits per heavy atom. The van der Waals surface area contributed by atoms with Crippen LogP contribution in [0.5, 0.6) is 0 Å². The van der Waals surface area contributed by atoms with Crippen LogP contribution in [0.25, 0.3) is 11.1 Å². The number of carbonyl (C=O) groups excluding carboxylic acids is 3. The Hall–Kier alpha value is -4.53. The third kappa shape index (κ3) is 4.53. The Morgan fingerprint density at radius 3 is 2.33 bits per heavy atom. The predicted molar refractivity (Wildman–Crippen MR) is 157 cm³/mol. The van der Waals surface area contributed by atoms with Crippen molar-refractivity contribution in [2.24, 2.45) is 11.8 Å². The molecule has 1 N–H and O–H groups in total. The molecule has 0 spiro atoms. The van der Waals surface area contributed by atoms with E-state index in [0.29, 0.717) is 36.0 Å². The van der Waals surface area contributed by atoms with Gasteiger partial charge in [0.1, 0.15) is 18.1 Å². The molecule has 1 fully saturated rings. The molecule has 2 amide bonds. The largest absolute Gasteiger partial charge is 0.426 e. The minimum absolute atomic E-state index is 0.162. The Balaban J connectivity index is 1.52. The van der Waals surface area contributed by atoms with Gasteiger partial charge < -0.3 is 14.6 Å². The Kier molecular flexibility index (Phi) is 7.04. The number of oxazole rings is 1. The van der Waals surface area contributed by atoms with E-state index in [4.69, 9.17) is 4.42 Å². The number of nitrogens with one attached hydrogen (secondary N) is 1. The second-order valence-electron chi connectivity index (χ2n) is 11.5. The Labute approximate surface area is 243 Å². The molecule has 1 unspecified atom stereocenters. The monoisotopic (exact) mass is 566 g/mol. The molecule has 2 aliphatic rings. The molecular weight excluding hydrogens is 532 g/mol. The zero-order valence-electron chi connectivity index (χ0n) is 24.2. The number of aryl methyl sites for hydroxylation is 2. The number of para-hydroxylation sites is 2. The predicted octanol–water partition coefficient (Wildman–Crippen LogP) is 4.14. The maximum absolute atomic E-state index is 14.7. The second-order valence-corrected chi connectivity index (χ2v) is 11.5. The van der Waals surface area contributed by atoms with E-state index >= 15 is 0 Å². The summed E-state index contributed by atoms with van der Waals surface area (Å²) in [4.78, 5) is 62.4. The average molecular weight is 567 g/mol. The molecule has 0 bridgehead atoms. The van der Waals surface area contributed by atoms with Gasteiger partial charge in [0.25, 0.3) is 5.91 Å². The molecule has 216 valence electrons. The van der Waals surface area contributed by atoms with Crippen LogP contribution < -0.4 is 11.1 Å². The molecular formula is C33H34N4O5. The normalized spacial score (nSPS) is 20.4. The fourth-order valence-corrected chi connectivity index (χ4v) is 6.60. The van der Waals surface area contributed by atoms with Gasteiger partial charge in [0.2, 0.25) is 11.8 Å². The average Bonchev–Trinajstić information content (AvgIpc) is 3.55. The number of amides is 2. The Bertz CT molecular complexity index is 1750. The van der Waals surface area contributed by atoms with Gasteiger partial charge in [-0.3, -0.25) is 19.4 Å². The number of carbonyl (C=O) groups is 3. The quantitative estimate of drug-likeness (QED) is 0.375. The number of fused-ring (bicyclic) bond motifs is 2. The van der Waals surface area contributed by atoms with Gasteiger partial charge in [0.05, 0.1) is 5.52 Å². The number of rotatable bonds is 6. The molecule has 1 aliphatic carbocycles. The van der Waals surface area contributed by atoms with E-state index in [9.17, 15) is 19.2 Å². The van der Waals surface area contributed by atoms with Crippen LogP contribution in [-0.4, -0.2) is 44.3 Å². The van der Waals surface area contributed by atoms with Gasteiger partial charge in [-0.25, -0.2) is 9.36 Å². The van der Waals surface area contributed by atoms with E-state index < -0.39 is 29.8 Å². The molecule has 3 heterocycles. The van der Waals surface area contributed by atoms with Gasteiger partial charge in [0.15, 0.2) is 5.58 Å². The maximum atomic E-state index is 14.7. The minimum Gasteiger partial charge on any atom is -0.407 e. The summed E-state index contributed by atoms with van der Waals surface area (Å²) in [7, 11) is 0. The first-order valence-corrected chi connectivity index (χ1v) is 14.5. The number of benzene rings is 2. The van der Waals surface area contributed by atoms with Gasteiger partial charge in [-0.05, 0) is 67.9 Å². The van der Waals surface area contributed by atoms with Crippen LogP contribution in [0.4, 0.5) is 0 Å². The van der Waals surface area contributed by atoms with Crippen molar-refractivity contribution in [3.8, 4) is 0 Å². The number of hydrogen-bond acceptors (Lipinski definition) is 6. The van der Waals surface area contributed by atoms with Gasteiger partial charge >= 0.3 is 5.76 Å². The number of piperazine rings is 1. The first-order valence-electron chi connectivity index (χ1n) is 14.5. The molecule has 1 saturated heterocycles. The van der Waals surface area contributed by atoms with Crippen molar-refractivity contribution >= 4 is 28.8 Å². The van der Waals surface area contributed by atoms with Crippen molar-refractivity contribution in [2.45, 2.75) is 65.1 Å². The fraction of sp³-hybridized carbons (Fsp3) is 0.364. The fourth-order valence-electron chi connectivity index (χ4n) is 6.60. The number of aromatic nitrogens is 2. The number of nitrogens with zero attached hydrogens (tertiary/aromatic N) is 3. The van der Waals surface area contributed by atoms with Crippen molar-refractivity contribution < 1.29 is 18.8 Å². The summed E-state index contributed by atoms with van der Waals surface area (Å²) in [6.45, 7) is 7.47. The highest BCUT2D eigenvalue weighted by Crippen LogP contribution is 2.37. The van der Waals surface area contributed by atoms with E-state index in [1.807, 2.05) is 45.0 Å². The molecule has 9 heteroatoms. The molecule has 2 aromatic heterocycles. The molecule has 4 aromatic rings. The van der Waals surface area contributed by atoms with Crippen LogP contribution in [0.3, 0.4) is 0 Å². The summed E-state index contributed by atoms with van der Waals surface area (Å²) in [5, 5.41) is 3.04. The standard InChI is InChI=1S/C33H34N4O5/c1-5-18(2)28-30(38)35-27(23-16-21-10-6-7-11-22(21)17-23)31(39)37(28)29(24-15-14-19(3)34-20(24)4)32(40)36-25-12-8-9-13-26(25)42-33(36)41/h6-15,18,23,27-29H,5,16-17H2,1-4H3,(H,35,38)/t18-,27+,28+,29?/m0/s1. The van der Waals surface area contributed by atoms with Crippen LogP contribution in [0.2, 0.25) is 0 Å². The van der Waals surface area contributed by atoms with E-state index in [1.165, 1.54) is 4.90 Å². The summed E-state index contributed by atoms with van der Waals surface area (Å²) in [5.41, 5.74) is 4.62. The molecule has 9 nitrogen and oxygen atoms in total. The lowest BCUT2D eigenvalue weighted by Gasteiger charge is -2.46. The van der Waals surface area contributed by atoms with Crippen LogP contribution in [0.1, 0.15) is 59.2 Å². The number of pyridine rings is 1. The highest BCUT2D eigenvalue weighted by atomic mass is 16.4. The van der Waals surface area contributed by atoms with Gasteiger partial charge in [0, 0.05) is 17.0 Å². The van der Waals surface area contributed by atoms with Crippen molar-refractivity contribution in [1.82, 2.24) is 19.8 Å². The van der Waals surface area contributed by atoms with Crippen LogP contribution in [-0.2, 0) is 22.4 Å². The first-order chi connectivity index (χ1) is 20.2. The Morgan fingerprint density at radius 1 is 1.00 bits per heavy atom. The zero-order chi connectivity index (χ0) is 29.7. The molecule has 42 heavy (non-hydrogen) atoms. The molecule has 1 aliphatic heterocycles. The van der Waals surface area contributed by atoms with E-state index in [2.05, 4.69) is 10.3 Å². The second kappa shape index (κ2) is 10.7. The molecule has 2 aromatic carbocycles. The molecule has 4 atom stereocenters. The maximum Gasteiger partial charge on any atom is 0.426 e. The van der Waals surface area contributed by atoms with Crippen LogP contribution in [0.15, 0.2) is 69.9 Å². The van der Waals surface area contributed by atoms with E-state index in [0.717, 1.165) is 21.4 Å². The summed E-state index contributed by atoms with van der Waals surface area (Å²) in [6.07, 6.45) is 1.89. The van der Waals surface area contributed by atoms with Gasteiger partial charge in [-0.1, -0.05) is 62.7 Å². The highest BCUT2D eigenvalue weighted by molar-refractivity contribution is 6.02. The highest BCUT2D eigenvalue weighted by Gasteiger charge is 2.51. The smallest absolute Gasteiger partial charge is 0.407 e. The van der Waals surface area contributed by atoms with E-state index in [1.54, 1.807) is 43.3 Å². The zero-order valence-corrected chi connectivity index (χ0v) is 24.2. The minimum atomic E-state index is -1.28. The summed E-state index contributed by atoms with van der Waals surface area (Å²) in [6, 6.07) is 15.2. The lowest BCUT2D eigenvalue weighted by Crippen LogP contribution is -2.68. The van der Waals surface area contributed by atoms with Crippen LogP contribution in [0, 0.1) is 25.7 Å². The SMILES string of the molecule is CC[C@H](C)[C@@H]1C(=O)N[C@H](C2Cc3ccccc3C2)C(=O)N1C(C(=O)n1c(=O)oc2ccccc21)c1ccc(C)nc1C. The molecule has 0 saturated carbocycles. The summed E-state index contributed by atoms with van der Waals surface area (Å²) < 4.78 is 6.39. The molecule has 0 radical (unpaired) electrons. The van der Waals surface area contributed by atoms with Crippen molar-refractivity contribution in [3.63, 3.8) is 0 Å². The third-order valence-electron chi connectivity index (χ3n) is 8.90. The van der Waals surface area contributed by atoms with Crippen LogP contribution >= 0.6 is 0 Å². The topological polar surface area (TPSA) is 115 Å². The lowest BCUT2D eigenvalue weighted by atomic mass is 9.85. The molecule has 6 rings (SSSR count). The lowest BCUT2D eigenvalue weighted by molar-refractivity contribution is -0.155. The van der Waals surface area contributed by atoms with Crippen molar-refractivity contribution in [1.29, 1.82) is 0 Å². The van der Waals surface area contributed by atoms with Crippen molar-refractivity contribution in [2.75, 3.05) is 0 Å². The summed E-state index contributed by atoms with van der Waals surface area (Å²) >= 11 is 0. The van der Waals surface area contributed by atoms with Crippen molar-refractivity contribution in [3.05, 3.63) is 99.3 Å². The third-order valence-corrected chi connectivity index (χ3v) is 8.90. The number of hydrogen-bond donors (Lipinski definition) is 1. The summed E-state index contributed by atoms with van der Waals surface area (Å²) in [5.74, 6) is -2.57.